The van der Waals surface area contributed by atoms with Gasteiger partial charge in [-0.15, -0.1) is 0 Å². The molecule has 0 amide bonds. The third-order valence-corrected chi connectivity index (χ3v) is 3.58. The minimum Gasteiger partial charge on any atom is -0.464 e. The quantitative estimate of drug-likeness (QED) is 0.875. The monoisotopic (exact) mass is 326 g/mol. The number of rotatable bonds is 3. The van der Waals surface area contributed by atoms with Crippen molar-refractivity contribution in [1.29, 1.82) is 0 Å². The van der Waals surface area contributed by atoms with E-state index in [0.29, 0.717) is 12.0 Å². The Morgan fingerprint density at radius 1 is 1.41 bits per heavy atom. The fourth-order valence-electron chi connectivity index (χ4n) is 1.97. The molecule has 2 rings (SSSR count). The second kappa shape index (κ2) is 6.27. The predicted molar refractivity (Wildman–Crippen MR) is 79.7 cm³/mol. The van der Waals surface area contributed by atoms with Crippen LogP contribution in [0.1, 0.15) is 23.0 Å². The lowest BCUT2D eigenvalue weighted by molar-refractivity contribution is 0.0594. The number of esters is 1. The third-order valence-electron chi connectivity index (χ3n) is 3.20. The minimum atomic E-state index is -0.915. The van der Waals surface area contributed by atoms with Gasteiger partial charge in [-0.25, -0.2) is 18.6 Å². The van der Waals surface area contributed by atoms with E-state index in [9.17, 15) is 13.6 Å². The topological polar surface area (TPSA) is 65.2 Å². The molecule has 1 aromatic heterocycles. The highest BCUT2D eigenvalue weighted by Gasteiger charge is 2.23. The standard InChI is InChI=1S/C15H13ClF2N2O2/c1-3-7-4-5-8(6-9(7)17)13-11(18)12(19)10(16)14(20-13)15(21)22-2/h4-6H,3H2,1-2H3,(H2,19,20). The van der Waals surface area contributed by atoms with Gasteiger partial charge in [-0.05, 0) is 18.1 Å². The molecule has 0 unspecified atom stereocenters. The van der Waals surface area contributed by atoms with Crippen LogP contribution in [0.3, 0.4) is 0 Å². The molecule has 2 aromatic rings. The Bertz CT molecular complexity index is 751. The number of benzene rings is 1. The summed E-state index contributed by atoms with van der Waals surface area (Å²) in [5.41, 5.74) is 5.18. The van der Waals surface area contributed by atoms with E-state index >= 15 is 0 Å². The molecule has 0 saturated carbocycles. The number of nitrogens with two attached hydrogens (primary N) is 1. The number of aryl methyl sites for hydroxylation is 1. The molecule has 2 N–H and O–H groups in total. The number of anilines is 1. The molecule has 0 aliphatic rings. The van der Waals surface area contributed by atoms with Gasteiger partial charge in [-0.1, -0.05) is 30.7 Å². The summed E-state index contributed by atoms with van der Waals surface area (Å²) in [7, 11) is 1.13. The van der Waals surface area contributed by atoms with Crippen molar-refractivity contribution in [2.75, 3.05) is 12.8 Å². The first-order valence-electron chi connectivity index (χ1n) is 6.42. The predicted octanol–water partition coefficient (Wildman–Crippen LogP) is 3.61. The maximum absolute atomic E-state index is 14.3. The molecule has 0 fully saturated rings. The van der Waals surface area contributed by atoms with Crippen LogP contribution < -0.4 is 5.73 Å². The van der Waals surface area contributed by atoms with Crippen LogP contribution in [0.4, 0.5) is 14.5 Å². The van der Waals surface area contributed by atoms with E-state index in [-0.39, 0.29) is 22.0 Å². The number of aromatic nitrogens is 1. The molecule has 7 heteroatoms. The summed E-state index contributed by atoms with van der Waals surface area (Å²) in [6.45, 7) is 1.80. The molecule has 0 aliphatic heterocycles. The first-order valence-corrected chi connectivity index (χ1v) is 6.80. The second-order valence-electron chi connectivity index (χ2n) is 4.50. The number of halogens is 3. The third kappa shape index (κ3) is 2.74. The first-order chi connectivity index (χ1) is 10.4. The van der Waals surface area contributed by atoms with Gasteiger partial charge in [-0.3, -0.25) is 0 Å². The molecule has 0 bridgehead atoms. The van der Waals surface area contributed by atoms with Crippen molar-refractivity contribution in [3.05, 3.63) is 46.1 Å². The van der Waals surface area contributed by atoms with E-state index in [1.807, 2.05) is 0 Å². The zero-order chi connectivity index (χ0) is 16.4. The average molecular weight is 327 g/mol. The number of nitrogen functional groups attached to an aromatic ring is 1. The molecule has 4 nitrogen and oxygen atoms in total. The number of nitrogens with zero attached hydrogens (tertiary/aromatic N) is 1. The molecular formula is C15H13ClF2N2O2. The van der Waals surface area contributed by atoms with Crippen molar-refractivity contribution >= 4 is 23.3 Å². The van der Waals surface area contributed by atoms with Crippen molar-refractivity contribution in [2.24, 2.45) is 0 Å². The van der Waals surface area contributed by atoms with Crippen molar-refractivity contribution < 1.29 is 18.3 Å². The van der Waals surface area contributed by atoms with Crippen molar-refractivity contribution in [3.63, 3.8) is 0 Å². The highest BCUT2D eigenvalue weighted by Crippen LogP contribution is 2.33. The fraction of sp³-hybridized carbons (Fsp3) is 0.200. The Morgan fingerprint density at radius 2 is 2.09 bits per heavy atom. The fourth-order valence-corrected chi connectivity index (χ4v) is 2.17. The second-order valence-corrected chi connectivity index (χ2v) is 4.88. The number of carbonyl (C=O) groups excluding carboxylic acids is 1. The van der Waals surface area contributed by atoms with Gasteiger partial charge < -0.3 is 10.5 Å². The molecular weight excluding hydrogens is 314 g/mol. The van der Waals surface area contributed by atoms with Crippen molar-refractivity contribution in [2.45, 2.75) is 13.3 Å². The number of ether oxygens (including phenoxy) is 1. The zero-order valence-electron chi connectivity index (χ0n) is 11.9. The van der Waals surface area contributed by atoms with Crippen molar-refractivity contribution in [3.8, 4) is 11.3 Å². The minimum absolute atomic E-state index is 0.153. The smallest absolute Gasteiger partial charge is 0.358 e. The van der Waals surface area contributed by atoms with Crippen LogP contribution in [0.25, 0.3) is 11.3 Å². The van der Waals surface area contributed by atoms with Gasteiger partial charge in [-0.2, -0.15) is 0 Å². The van der Waals surface area contributed by atoms with Crippen LogP contribution in [0, 0.1) is 11.6 Å². The molecule has 1 heterocycles. The molecule has 116 valence electrons. The number of hydrogen-bond donors (Lipinski definition) is 1. The lowest BCUT2D eigenvalue weighted by Gasteiger charge is -2.11. The lowest BCUT2D eigenvalue weighted by atomic mass is 10.0. The van der Waals surface area contributed by atoms with Gasteiger partial charge in [0.2, 0.25) is 0 Å². The van der Waals surface area contributed by atoms with Gasteiger partial charge >= 0.3 is 5.97 Å². The van der Waals surface area contributed by atoms with Gasteiger partial charge in [0.05, 0.1) is 17.8 Å². The number of carbonyl (C=O) groups is 1. The van der Waals surface area contributed by atoms with E-state index in [1.54, 1.807) is 6.92 Å². The molecule has 0 aliphatic carbocycles. The summed E-state index contributed by atoms with van der Waals surface area (Å²) in [4.78, 5) is 15.5. The lowest BCUT2D eigenvalue weighted by Crippen LogP contribution is -2.10. The maximum Gasteiger partial charge on any atom is 0.358 e. The summed E-state index contributed by atoms with van der Waals surface area (Å²) >= 11 is 5.81. The molecule has 22 heavy (non-hydrogen) atoms. The van der Waals surface area contributed by atoms with Crippen LogP contribution in [-0.4, -0.2) is 18.1 Å². The number of hydrogen-bond acceptors (Lipinski definition) is 4. The maximum atomic E-state index is 14.3. The van der Waals surface area contributed by atoms with Crippen LogP contribution in [0.15, 0.2) is 18.2 Å². The highest BCUT2D eigenvalue weighted by atomic mass is 35.5. The number of pyridine rings is 1. The van der Waals surface area contributed by atoms with Crippen LogP contribution >= 0.6 is 11.6 Å². The normalized spacial score (nSPS) is 10.6. The van der Waals surface area contributed by atoms with Gasteiger partial charge in [0.25, 0.3) is 0 Å². The van der Waals surface area contributed by atoms with E-state index in [2.05, 4.69) is 9.72 Å². The van der Waals surface area contributed by atoms with Crippen LogP contribution in [-0.2, 0) is 11.2 Å². The molecule has 0 atom stereocenters. The summed E-state index contributed by atoms with van der Waals surface area (Å²) < 4.78 is 32.7. The Kier molecular flexibility index (Phi) is 4.61. The summed E-state index contributed by atoms with van der Waals surface area (Å²) in [5, 5.41) is -0.334. The molecule has 0 radical (unpaired) electrons. The molecule has 1 aromatic carbocycles. The van der Waals surface area contributed by atoms with Crippen molar-refractivity contribution in [1.82, 2.24) is 4.98 Å². The Morgan fingerprint density at radius 3 is 2.64 bits per heavy atom. The van der Waals surface area contributed by atoms with E-state index in [0.717, 1.165) is 13.2 Å². The summed E-state index contributed by atoms with van der Waals surface area (Å²) in [6.07, 6.45) is 0.498. The van der Waals surface area contributed by atoms with E-state index < -0.39 is 23.3 Å². The Balaban J connectivity index is 2.67. The molecule has 0 spiro atoms. The largest absolute Gasteiger partial charge is 0.464 e. The average Bonchev–Trinajstić information content (AvgIpc) is 2.52. The SMILES string of the molecule is CCc1ccc(-c2nc(C(=O)OC)c(Cl)c(N)c2F)cc1F. The Hall–Kier alpha value is -2.21. The van der Waals surface area contributed by atoms with Gasteiger partial charge in [0, 0.05) is 5.56 Å². The van der Waals surface area contributed by atoms with Gasteiger partial charge in [0.1, 0.15) is 11.5 Å². The Labute approximate surface area is 130 Å². The van der Waals surface area contributed by atoms with Crippen LogP contribution in [0.2, 0.25) is 5.02 Å². The number of methoxy groups -OCH3 is 1. The van der Waals surface area contributed by atoms with Crippen LogP contribution in [0.5, 0.6) is 0 Å². The molecule has 0 saturated heterocycles. The zero-order valence-corrected chi connectivity index (χ0v) is 12.7. The first kappa shape index (κ1) is 16.2. The summed E-state index contributed by atoms with van der Waals surface area (Å²) in [6, 6.07) is 4.16. The summed E-state index contributed by atoms with van der Waals surface area (Å²) in [5.74, 6) is -2.26. The van der Waals surface area contributed by atoms with E-state index in [4.69, 9.17) is 17.3 Å². The van der Waals surface area contributed by atoms with E-state index in [1.165, 1.54) is 12.1 Å². The van der Waals surface area contributed by atoms with Gasteiger partial charge in [0.15, 0.2) is 11.5 Å². The highest BCUT2D eigenvalue weighted by molar-refractivity contribution is 6.35.